The van der Waals surface area contributed by atoms with Crippen molar-refractivity contribution in [2.75, 3.05) is 0 Å². The fraction of sp³-hybridized carbons (Fsp3) is 0.360. The molecule has 0 spiro atoms. The van der Waals surface area contributed by atoms with Crippen LogP contribution >= 0.6 is 11.6 Å². The Bertz CT molecular complexity index is 1030. The van der Waals surface area contributed by atoms with Crippen molar-refractivity contribution >= 4 is 35.1 Å². The van der Waals surface area contributed by atoms with Crippen LogP contribution in [0.1, 0.15) is 59.7 Å². The normalized spacial score (nSPS) is 21.2. The first-order chi connectivity index (χ1) is 15.5. The Labute approximate surface area is 192 Å². The van der Waals surface area contributed by atoms with E-state index in [1.54, 1.807) is 55.5 Å². The van der Waals surface area contributed by atoms with Crippen molar-refractivity contribution in [1.29, 1.82) is 0 Å². The van der Waals surface area contributed by atoms with Crippen LogP contribution in [0.5, 0.6) is 0 Å². The van der Waals surface area contributed by atoms with Crippen molar-refractivity contribution in [3.8, 4) is 0 Å². The molecule has 1 saturated heterocycles. The van der Waals surface area contributed by atoms with Gasteiger partial charge in [0.25, 0.3) is 17.7 Å². The van der Waals surface area contributed by atoms with Crippen molar-refractivity contribution < 1.29 is 19.2 Å². The lowest BCUT2D eigenvalue weighted by molar-refractivity contribution is -0.156. The van der Waals surface area contributed by atoms with E-state index in [0.29, 0.717) is 18.4 Å². The Kier molecular flexibility index (Phi) is 6.42. The third-order valence-corrected chi connectivity index (χ3v) is 6.72. The molecule has 0 bridgehead atoms. The number of carbonyl (C=O) groups excluding carboxylic acids is 4. The molecule has 3 atom stereocenters. The highest BCUT2D eigenvalue weighted by Crippen LogP contribution is 2.40. The summed E-state index contributed by atoms with van der Waals surface area (Å²) in [5.41, 5.74) is 0.553. The number of hydrogen-bond acceptors (Lipinski definition) is 4. The van der Waals surface area contributed by atoms with Gasteiger partial charge in [-0.3, -0.25) is 19.2 Å². The quantitative estimate of drug-likeness (QED) is 0.476. The lowest BCUT2D eigenvalue weighted by Crippen LogP contribution is -2.57. The van der Waals surface area contributed by atoms with Gasteiger partial charge in [-0.15, -0.1) is 0 Å². The summed E-state index contributed by atoms with van der Waals surface area (Å²) in [6.07, 6.45) is 3.20. The number of benzene rings is 2. The second kappa shape index (κ2) is 9.25. The topological polar surface area (TPSA) is 74.8 Å². The number of fused-ring (bicyclic) bond motifs is 1. The molecule has 7 heteroatoms. The number of rotatable bonds is 6. The second-order valence-electron chi connectivity index (χ2n) is 8.27. The fourth-order valence-corrected chi connectivity index (χ4v) is 4.97. The minimum absolute atomic E-state index is 0.143. The number of nitrogens with zero attached hydrogens (tertiary/aromatic N) is 2. The molecule has 6 nitrogen and oxygen atoms in total. The van der Waals surface area contributed by atoms with E-state index in [-0.39, 0.29) is 22.8 Å². The third-order valence-electron chi connectivity index (χ3n) is 6.39. The van der Waals surface area contributed by atoms with Gasteiger partial charge >= 0.3 is 0 Å². The lowest BCUT2D eigenvalue weighted by atomic mass is 9.81. The second-order valence-corrected chi connectivity index (χ2v) is 8.68. The van der Waals surface area contributed by atoms with Crippen molar-refractivity contribution in [2.45, 2.75) is 45.1 Å². The zero-order valence-electron chi connectivity index (χ0n) is 17.9. The fourth-order valence-electron chi connectivity index (χ4n) is 4.75. The third kappa shape index (κ3) is 3.84. The first-order valence-electron chi connectivity index (χ1n) is 11.0. The van der Waals surface area contributed by atoms with E-state index in [2.05, 4.69) is 0 Å². The van der Waals surface area contributed by atoms with E-state index in [0.717, 1.165) is 22.9 Å². The van der Waals surface area contributed by atoms with Gasteiger partial charge in [0.15, 0.2) is 5.78 Å². The Balaban J connectivity index is 1.80. The molecule has 32 heavy (non-hydrogen) atoms. The lowest BCUT2D eigenvalue weighted by Gasteiger charge is -2.36. The van der Waals surface area contributed by atoms with E-state index in [9.17, 15) is 19.2 Å². The highest BCUT2D eigenvalue weighted by atomic mass is 35.5. The molecule has 1 aliphatic heterocycles. The molecule has 0 radical (unpaired) electrons. The minimum atomic E-state index is -1.02. The average Bonchev–Trinajstić information content (AvgIpc) is 3.07. The summed E-state index contributed by atoms with van der Waals surface area (Å²) in [6, 6.07) is 14.0. The van der Waals surface area contributed by atoms with E-state index in [4.69, 9.17) is 11.6 Å². The van der Waals surface area contributed by atoms with Crippen LogP contribution in [0, 0.1) is 11.8 Å². The highest BCUT2D eigenvalue weighted by molar-refractivity contribution is 6.34. The van der Waals surface area contributed by atoms with Gasteiger partial charge in [0.05, 0.1) is 22.4 Å². The number of imide groups is 1. The molecule has 4 rings (SSSR count). The molecule has 0 aromatic heterocycles. The maximum absolute atomic E-state index is 13.7. The first-order valence-corrected chi connectivity index (χ1v) is 11.4. The highest BCUT2D eigenvalue weighted by Gasteiger charge is 2.53. The van der Waals surface area contributed by atoms with Crippen LogP contribution in [0.3, 0.4) is 0 Å². The van der Waals surface area contributed by atoms with Crippen molar-refractivity contribution in [3.05, 3.63) is 70.7 Å². The van der Waals surface area contributed by atoms with Crippen molar-refractivity contribution in [1.82, 2.24) is 10.0 Å². The standard InChI is InChI=1S/C25H25ClN2O4/c1-2-21(22(29)16-10-4-3-5-11-16)27(25(32)19-14-8-9-15-20(19)26)28-23(30)17-12-6-7-13-18(17)24(28)31/h3-5,8-11,14-15,17-18,21H,2,6-7,12-13H2,1H3/t17-,18+,21-/m1/s1. The number of amides is 3. The molecule has 2 aromatic carbocycles. The Hall–Kier alpha value is -2.99. The van der Waals surface area contributed by atoms with Crippen molar-refractivity contribution in [3.63, 3.8) is 0 Å². The zero-order chi connectivity index (χ0) is 22.8. The monoisotopic (exact) mass is 452 g/mol. The minimum Gasteiger partial charge on any atom is -0.292 e. The maximum atomic E-state index is 13.7. The molecule has 3 amide bonds. The molecular weight excluding hydrogens is 428 g/mol. The molecule has 0 unspecified atom stereocenters. The van der Waals surface area contributed by atoms with Crippen LogP contribution < -0.4 is 0 Å². The van der Waals surface area contributed by atoms with E-state index in [1.807, 2.05) is 0 Å². The smallest absolute Gasteiger partial charge is 0.275 e. The number of carbonyl (C=O) groups is 4. The predicted octanol–water partition coefficient (Wildman–Crippen LogP) is 4.53. The Morgan fingerprint density at radius 1 is 0.969 bits per heavy atom. The molecule has 2 aliphatic rings. The predicted molar refractivity (Wildman–Crippen MR) is 120 cm³/mol. The van der Waals surface area contributed by atoms with Gasteiger partial charge in [-0.1, -0.05) is 73.8 Å². The van der Waals surface area contributed by atoms with Crippen LogP contribution in [0.4, 0.5) is 0 Å². The van der Waals surface area contributed by atoms with Crippen LogP contribution in [-0.2, 0) is 9.59 Å². The molecular formula is C25H25ClN2O4. The molecule has 166 valence electrons. The molecule has 2 aromatic rings. The largest absolute Gasteiger partial charge is 0.292 e. The van der Waals surface area contributed by atoms with Crippen LogP contribution in [-0.4, -0.2) is 39.6 Å². The maximum Gasteiger partial charge on any atom is 0.275 e. The van der Waals surface area contributed by atoms with Crippen LogP contribution in [0.2, 0.25) is 5.02 Å². The van der Waals surface area contributed by atoms with E-state index in [1.165, 1.54) is 6.07 Å². The SMILES string of the molecule is CC[C@H](C(=O)c1ccccc1)N(C(=O)c1ccccc1Cl)N1C(=O)[C@H]2CCCC[C@H]2C1=O. The summed E-state index contributed by atoms with van der Waals surface area (Å²) >= 11 is 6.29. The summed E-state index contributed by atoms with van der Waals surface area (Å²) in [4.78, 5) is 53.9. The molecule has 0 N–H and O–H groups in total. The van der Waals surface area contributed by atoms with Gasteiger partial charge < -0.3 is 0 Å². The number of ketones is 1. The first kappa shape index (κ1) is 22.2. The number of hydrogen-bond donors (Lipinski definition) is 0. The summed E-state index contributed by atoms with van der Waals surface area (Å²) in [7, 11) is 0. The van der Waals surface area contributed by atoms with Gasteiger partial charge in [0, 0.05) is 5.56 Å². The molecule has 1 aliphatic carbocycles. The van der Waals surface area contributed by atoms with Gasteiger partial charge in [-0.2, -0.15) is 5.01 Å². The van der Waals surface area contributed by atoms with E-state index < -0.39 is 35.6 Å². The van der Waals surface area contributed by atoms with Gasteiger partial charge in [0.2, 0.25) is 0 Å². The van der Waals surface area contributed by atoms with Crippen LogP contribution in [0.25, 0.3) is 0 Å². The number of Topliss-reactive ketones (excluding diaryl/α,β-unsaturated/α-hetero) is 1. The van der Waals surface area contributed by atoms with Gasteiger partial charge in [-0.05, 0) is 31.4 Å². The van der Waals surface area contributed by atoms with E-state index >= 15 is 0 Å². The van der Waals surface area contributed by atoms with Crippen molar-refractivity contribution in [2.24, 2.45) is 11.8 Å². The molecule has 1 heterocycles. The Morgan fingerprint density at radius 2 is 1.53 bits per heavy atom. The van der Waals surface area contributed by atoms with Gasteiger partial charge in [0.1, 0.15) is 6.04 Å². The summed E-state index contributed by atoms with van der Waals surface area (Å²) in [5, 5.41) is 2.21. The summed E-state index contributed by atoms with van der Waals surface area (Å²) in [6.45, 7) is 1.76. The number of halogens is 1. The molecule has 2 fully saturated rings. The summed E-state index contributed by atoms with van der Waals surface area (Å²) < 4.78 is 0. The van der Waals surface area contributed by atoms with Crippen LogP contribution in [0.15, 0.2) is 54.6 Å². The zero-order valence-corrected chi connectivity index (χ0v) is 18.6. The Morgan fingerprint density at radius 3 is 2.09 bits per heavy atom. The number of hydrazine groups is 1. The van der Waals surface area contributed by atoms with Gasteiger partial charge in [-0.25, -0.2) is 5.01 Å². The molecule has 1 saturated carbocycles. The summed E-state index contributed by atoms with van der Waals surface area (Å²) in [5.74, 6) is -2.65. The average molecular weight is 453 g/mol.